The predicted octanol–water partition coefficient (Wildman–Crippen LogP) is 5.51. The average molecular weight is 739 g/mol. The molecular weight excluding hydrogens is 707 g/mol. The van der Waals surface area contributed by atoms with Crippen molar-refractivity contribution in [3.05, 3.63) is 109 Å². The third-order valence-electron chi connectivity index (χ3n) is 6.16. The molecule has 0 unspecified atom stereocenters. The zero-order valence-electron chi connectivity index (χ0n) is 24.4. The van der Waals surface area contributed by atoms with E-state index in [-0.39, 0.29) is 20.1 Å². The number of imidazole rings is 3. The van der Waals surface area contributed by atoms with Gasteiger partial charge in [0.1, 0.15) is 0 Å². The molecule has 10 heteroatoms. The van der Waals surface area contributed by atoms with Gasteiger partial charge in [-0.3, -0.25) is 15.0 Å². The predicted molar refractivity (Wildman–Crippen MR) is 158 cm³/mol. The summed E-state index contributed by atoms with van der Waals surface area (Å²) in [4.78, 5) is 21.0. The molecule has 2 aromatic carbocycles. The number of hydrogen-bond donors (Lipinski definition) is 0. The number of aryl methyl sites for hydroxylation is 4. The summed E-state index contributed by atoms with van der Waals surface area (Å²) in [7, 11) is 7.26. The van der Waals surface area contributed by atoms with Gasteiger partial charge >= 0.3 is 20.1 Å². The van der Waals surface area contributed by atoms with Crippen LogP contribution in [0.25, 0.3) is 34.0 Å². The number of nitrogens with zero attached hydrogens (tertiary/aromatic N) is 7. The summed E-state index contributed by atoms with van der Waals surface area (Å²) in [5.74, 6) is 4.24. The second-order valence-corrected chi connectivity index (χ2v) is 8.89. The molecule has 0 spiro atoms. The van der Waals surface area contributed by atoms with E-state index >= 15 is 0 Å². The van der Waals surface area contributed by atoms with Gasteiger partial charge in [-0.25, -0.2) is 0 Å². The van der Waals surface area contributed by atoms with E-state index in [0.29, 0.717) is 5.82 Å². The fourth-order valence-corrected chi connectivity index (χ4v) is 3.81. The molecule has 0 fully saturated rings. The molecule has 4 heterocycles. The van der Waals surface area contributed by atoms with Crippen LogP contribution >= 0.6 is 0 Å². The average Bonchev–Trinajstić information content (AvgIpc) is 3.75. The topological polar surface area (TPSA) is 94.0 Å². The number of pyridine rings is 1. The van der Waals surface area contributed by atoms with Gasteiger partial charge in [0, 0.05) is 43.2 Å². The Balaban J connectivity index is 0.000000173. The minimum absolute atomic E-state index is 0. The monoisotopic (exact) mass is 739 g/mol. The van der Waals surface area contributed by atoms with Crippen LogP contribution in [0.2, 0.25) is 0 Å². The van der Waals surface area contributed by atoms with Crippen molar-refractivity contribution in [3.8, 4) is 45.5 Å². The maximum Gasteiger partial charge on any atom is 3.00 e. The Bertz CT molecular complexity index is 1530. The van der Waals surface area contributed by atoms with E-state index in [1.54, 1.807) is 32.8 Å². The van der Waals surface area contributed by atoms with Crippen molar-refractivity contribution in [1.29, 1.82) is 0 Å². The molecule has 0 N–H and O–H groups in total. The number of rotatable bonds is 5. The third-order valence-corrected chi connectivity index (χ3v) is 6.16. The van der Waals surface area contributed by atoms with Crippen LogP contribution in [0.3, 0.4) is 0 Å². The summed E-state index contributed by atoms with van der Waals surface area (Å²) < 4.78 is 14.5. The molecule has 0 atom stereocenters. The maximum atomic E-state index is 5.27. The molecule has 0 aliphatic carbocycles. The van der Waals surface area contributed by atoms with Gasteiger partial charge in [-0.15, -0.1) is 48.5 Å². The number of ether oxygens (including phenoxy) is 2. The Morgan fingerprint density at radius 3 is 1.62 bits per heavy atom. The van der Waals surface area contributed by atoms with Crippen LogP contribution in [0.5, 0.6) is 11.5 Å². The molecule has 0 saturated carbocycles. The van der Waals surface area contributed by atoms with Crippen LogP contribution in [0, 0.1) is 26.0 Å². The molecule has 0 aliphatic heterocycles. The molecule has 0 saturated heterocycles. The molecule has 6 aromatic rings. The Hall–Kier alpha value is -4.53. The molecule has 4 aromatic heterocycles. The smallest absolute Gasteiger partial charge is 0.540 e. The Morgan fingerprint density at radius 2 is 1.24 bits per heavy atom. The van der Waals surface area contributed by atoms with Crippen LogP contribution in [-0.2, 0) is 34.2 Å². The van der Waals surface area contributed by atoms with Gasteiger partial charge in [0.2, 0.25) is 0 Å². The minimum atomic E-state index is 0. The van der Waals surface area contributed by atoms with Crippen molar-refractivity contribution in [2.45, 2.75) is 13.8 Å². The molecule has 9 nitrogen and oxygen atoms in total. The second-order valence-electron chi connectivity index (χ2n) is 8.89. The zero-order chi connectivity index (χ0) is 29.2. The Morgan fingerprint density at radius 1 is 0.690 bits per heavy atom. The number of aromatic nitrogens is 7. The Kier molecular flexibility index (Phi) is 11.8. The summed E-state index contributed by atoms with van der Waals surface area (Å²) in [5, 5.41) is 0. The van der Waals surface area contributed by atoms with Gasteiger partial charge in [0.25, 0.3) is 0 Å². The van der Waals surface area contributed by atoms with Gasteiger partial charge < -0.3 is 28.6 Å². The molecule has 216 valence electrons. The van der Waals surface area contributed by atoms with Crippen LogP contribution in [0.1, 0.15) is 11.6 Å². The first kappa shape index (κ1) is 32.0. The van der Waals surface area contributed by atoms with Crippen molar-refractivity contribution in [2.75, 3.05) is 14.2 Å². The molecule has 0 radical (unpaired) electrons. The summed E-state index contributed by atoms with van der Waals surface area (Å²) in [6, 6.07) is 23.3. The number of hydrogen-bond acceptors (Lipinski definition) is 6. The maximum absolute atomic E-state index is 5.27. The fraction of sp³-hybridized carbons (Fsp3) is 0.188. The third kappa shape index (κ3) is 8.02. The van der Waals surface area contributed by atoms with Crippen molar-refractivity contribution >= 4 is 0 Å². The Labute approximate surface area is 260 Å². The second kappa shape index (κ2) is 15.5. The summed E-state index contributed by atoms with van der Waals surface area (Å²) >= 11 is 0. The molecule has 0 aliphatic rings. The first-order valence-corrected chi connectivity index (χ1v) is 12.9. The fourth-order valence-electron chi connectivity index (χ4n) is 3.81. The summed E-state index contributed by atoms with van der Waals surface area (Å²) in [6.07, 6.45) is 8.99. The number of benzene rings is 2. The summed E-state index contributed by atoms with van der Waals surface area (Å²) in [5.41, 5.74) is 4.42. The van der Waals surface area contributed by atoms with Crippen LogP contribution in [0.4, 0.5) is 0 Å². The standard InChI is InChI=1S/2C12H13N2O.C8H6N3.Ir/c2*1-9-13-11(8-14(9)2)10-6-4-5-7-12(10)15-3;1-2-4-9-7(3-1)8-10-5-6-11-8;/h2*4-5,7-8H,1-3H3;1-6H;/q3*-1;+3. The largest absolute Gasteiger partial charge is 3.00 e. The van der Waals surface area contributed by atoms with Gasteiger partial charge in [0.15, 0.2) is 0 Å². The van der Waals surface area contributed by atoms with E-state index in [1.807, 2.05) is 104 Å². The number of methoxy groups -OCH3 is 2. The quantitative estimate of drug-likeness (QED) is 0.216. The molecule has 0 bridgehead atoms. The minimum Gasteiger partial charge on any atom is -0.540 e. The molecular formula is C32H32IrN7O2. The van der Waals surface area contributed by atoms with Gasteiger partial charge in [-0.1, -0.05) is 29.6 Å². The SMILES string of the molecule is COc1ccc[c-]c1-c1cn(C)c(C)n1.COc1ccc[c-]c1-c1cn(C)c(C)n1.[Ir+3].c1ccc(-c2ncc[n-]2)nc1. The van der Waals surface area contributed by atoms with Crippen LogP contribution in [0.15, 0.2) is 85.6 Å². The first-order valence-electron chi connectivity index (χ1n) is 12.9. The first-order chi connectivity index (χ1) is 19.9. The van der Waals surface area contributed by atoms with Crippen LogP contribution in [-0.4, -0.2) is 43.3 Å². The van der Waals surface area contributed by atoms with E-state index in [0.717, 1.165) is 51.4 Å². The van der Waals surface area contributed by atoms with Crippen molar-refractivity contribution in [2.24, 2.45) is 14.1 Å². The van der Waals surface area contributed by atoms with Crippen molar-refractivity contribution in [3.63, 3.8) is 0 Å². The summed E-state index contributed by atoms with van der Waals surface area (Å²) in [6.45, 7) is 3.94. The zero-order valence-corrected chi connectivity index (χ0v) is 26.8. The van der Waals surface area contributed by atoms with Gasteiger partial charge in [-0.2, -0.15) is 0 Å². The van der Waals surface area contributed by atoms with Gasteiger partial charge in [-0.05, 0) is 44.2 Å². The molecule has 0 amide bonds. The van der Waals surface area contributed by atoms with Crippen molar-refractivity contribution < 1.29 is 29.6 Å². The van der Waals surface area contributed by atoms with E-state index in [2.05, 4.69) is 37.1 Å². The van der Waals surface area contributed by atoms with Gasteiger partial charge in [0.05, 0.1) is 31.6 Å². The normalized spacial score (nSPS) is 9.95. The molecule has 42 heavy (non-hydrogen) atoms. The van der Waals surface area contributed by atoms with Crippen molar-refractivity contribution in [1.82, 2.24) is 34.1 Å². The van der Waals surface area contributed by atoms with E-state index in [9.17, 15) is 0 Å². The van der Waals surface area contributed by atoms with E-state index in [1.165, 1.54) is 0 Å². The van der Waals surface area contributed by atoms with E-state index in [4.69, 9.17) is 9.47 Å². The molecule has 6 rings (SSSR count). The van der Waals surface area contributed by atoms with E-state index < -0.39 is 0 Å². The van der Waals surface area contributed by atoms with Crippen LogP contribution < -0.4 is 14.5 Å².